The summed E-state index contributed by atoms with van der Waals surface area (Å²) in [6.07, 6.45) is 15.8. The van der Waals surface area contributed by atoms with Gasteiger partial charge in [-0.2, -0.15) is 8.42 Å². The first-order valence-corrected chi connectivity index (χ1v) is 14.3. The van der Waals surface area contributed by atoms with Crippen molar-refractivity contribution in [3.63, 3.8) is 0 Å². The number of hydrogen-bond donors (Lipinski definition) is 2. The van der Waals surface area contributed by atoms with Gasteiger partial charge in [-0.3, -0.25) is 18.9 Å². The molecule has 1 aliphatic heterocycles. The van der Waals surface area contributed by atoms with E-state index < -0.39 is 64.9 Å². The monoisotopic (exact) mass is 534 g/mol. The van der Waals surface area contributed by atoms with Crippen LogP contribution < -0.4 is 0 Å². The molecule has 0 spiro atoms. The maximum Gasteiger partial charge on any atom is 0.327 e. The number of carbonyl (C=O) groups is 3. The molecular weight excluding hydrogens is 492 g/mol. The molecule has 11 heteroatoms. The number of ether oxygens (including phenoxy) is 3. The molecule has 0 radical (unpaired) electrons. The number of rotatable bonds is 17. The van der Waals surface area contributed by atoms with Gasteiger partial charge in [-0.05, 0) is 32.1 Å². The molecule has 2 unspecified atom stereocenters. The van der Waals surface area contributed by atoms with Crippen LogP contribution in [-0.2, 0) is 38.7 Å². The third-order valence-corrected chi connectivity index (χ3v) is 7.13. The van der Waals surface area contributed by atoms with E-state index in [1.54, 1.807) is 0 Å². The zero-order valence-corrected chi connectivity index (χ0v) is 22.1. The van der Waals surface area contributed by atoms with Crippen molar-refractivity contribution in [1.29, 1.82) is 0 Å². The molecule has 0 bridgehead atoms. The molecule has 1 rings (SSSR count). The van der Waals surface area contributed by atoms with Gasteiger partial charge in [0.25, 0.3) is 10.1 Å². The molecule has 0 aromatic rings. The second kappa shape index (κ2) is 17.5. The van der Waals surface area contributed by atoms with E-state index in [1.807, 2.05) is 0 Å². The minimum absolute atomic E-state index is 0.184. The summed E-state index contributed by atoms with van der Waals surface area (Å²) in [6.45, 7) is 0.170. The van der Waals surface area contributed by atoms with Gasteiger partial charge < -0.3 is 19.3 Å². The Morgan fingerprint density at radius 2 is 1.58 bits per heavy atom. The van der Waals surface area contributed by atoms with Gasteiger partial charge in [0, 0.05) is 6.42 Å². The molecule has 208 valence electrons. The van der Waals surface area contributed by atoms with E-state index in [4.69, 9.17) is 18.8 Å². The number of allylic oxidation sites excluding steroid dienone is 2. The Morgan fingerprint density at radius 1 is 1.00 bits per heavy atom. The van der Waals surface area contributed by atoms with E-state index in [-0.39, 0.29) is 13.0 Å². The Morgan fingerprint density at radius 3 is 2.19 bits per heavy atom. The largest absolute Gasteiger partial charge is 0.465 e. The molecule has 1 heterocycles. The Labute approximate surface area is 214 Å². The highest BCUT2D eigenvalue weighted by Gasteiger charge is 2.42. The lowest BCUT2D eigenvalue weighted by Crippen LogP contribution is -2.42. The lowest BCUT2D eigenvalue weighted by molar-refractivity contribution is -0.161. The minimum Gasteiger partial charge on any atom is -0.465 e. The third kappa shape index (κ3) is 13.4. The van der Waals surface area contributed by atoms with Crippen molar-refractivity contribution in [2.24, 2.45) is 5.41 Å². The second-order valence-electron chi connectivity index (χ2n) is 9.42. The Balaban J connectivity index is 2.31. The molecule has 0 amide bonds. The van der Waals surface area contributed by atoms with E-state index in [0.29, 0.717) is 6.42 Å². The van der Waals surface area contributed by atoms with E-state index >= 15 is 0 Å². The van der Waals surface area contributed by atoms with Crippen LogP contribution in [0, 0.1) is 5.41 Å². The molecule has 0 aromatic heterocycles. The maximum atomic E-state index is 12.1. The summed E-state index contributed by atoms with van der Waals surface area (Å²) in [5.74, 6) is -2.91. The molecule has 0 aliphatic carbocycles. The molecule has 0 aromatic carbocycles. The summed E-state index contributed by atoms with van der Waals surface area (Å²) in [5.41, 5.74) is -1.43. The highest BCUT2D eigenvalue weighted by atomic mass is 32.2. The minimum atomic E-state index is -4.89. The maximum absolute atomic E-state index is 12.1. The smallest absolute Gasteiger partial charge is 0.327 e. The molecular formula is C25H42O10S. The van der Waals surface area contributed by atoms with Crippen LogP contribution >= 0.6 is 0 Å². The number of hydrogen-bond acceptors (Lipinski definition) is 9. The fourth-order valence-electron chi connectivity index (χ4n) is 3.63. The summed E-state index contributed by atoms with van der Waals surface area (Å²) in [7, 11) is -4.89. The van der Waals surface area contributed by atoms with Crippen molar-refractivity contribution < 1.29 is 46.7 Å². The third-order valence-electron chi connectivity index (χ3n) is 6.05. The van der Waals surface area contributed by atoms with Crippen LogP contribution in [0.5, 0.6) is 0 Å². The number of aliphatic hydroxyl groups excluding tert-OH is 1. The van der Waals surface area contributed by atoms with Crippen LogP contribution in [0.25, 0.3) is 0 Å². The average Bonchev–Trinajstić information content (AvgIpc) is 2.90. The zero-order chi connectivity index (χ0) is 26.9. The highest BCUT2D eigenvalue weighted by molar-refractivity contribution is 7.87. The van der Waals surface area contributed by atoms with Gasteiger partial charge in [0.2, 0.25) is 0 Å². The van der Waals surface area contributed by atoms with Gasteiger partial charge in [0.05, 0.1) is 18.4 Å². The van der Waals surface area contributed by atoms with Crippen LogP contribution in [0.15, 0.2) is 12.2 Å². The molecule has 1 aliphatic rings. The highest BCUT2D eigenvalue weighted by Crippen LogP contribution is 2.23. The standard InChI is InChI=1S/C25H42O10S/c1-2-3-4-5-6-7-8-9-10-11-12-13-14-15-22(27)33-18-25(17-26)19-34-23(28)16-21(36(30,31)32)24(29)35-20-25/h7-8,21,26H,2-6,9-20H2,1H3,(H,30,31,32)/b8-7-. The van der Waals surface area contributed by atoms with Crippen LogP contribution in [-0.4, -0.2) is 67.7 Å². The van der Waals surface area contributed by atoms with Crippen LogP contribution in [0.1, 0.15) is 90.4 Å². The molecule has 2 N–H and O–H groups in total. The van der Waals surface area contributed by atoms with Gasteiger partial charge in [0.1, 0.15) is 19.8 Å². The van der Waals surface area contributed by atoms with Gasteiger partial charge in [-0.25, -0.2) is 0 Å². The van der Waals surface area contributed by atoms with Crippen molar-refractivity contribution >= 4 is 28.0 Å². The Kier molecular flexibility index (Phi) is 15.6. The lowest BCUT2D eigenvalue weighted by Gasteiger charge is -2.29. The molecule has 36 heavy (non-hydrogen) atoms. The van der Waals surface area contributed by atoms with E-state index in [1.165, 1.54) is 25.7 Å². The quantitative estimate of drug-likeness (QED) is 0.0931. The van der Waals surface area contributed by atoms with Crippen molar-refractivity contribution in [3.8, 4) is 0 Å². The SMILES string of the molecule is CCCCCC/C=C\CCCCCCCC(=O)OCC1(CO)COC(=O)CC(S(=O)(=O)O)C(=O)OC1. The first-order chi connectivity index (χ1) is 17.1. The summed E-state index contributed by atoms with van der Waals surface area (Å²) in [4.78, 5) is 36.1. The van der Waals surface area contributed by atoms with E-state index in [9.17, 15) is 27.9 Å². The van der Waals surface area contributed by atoms with Gasteiger partial charge >= 0.3 is 17.9 Å². The summed E-state index contributed by atoms with van der Waals surface area (Å²) >= 11 is 0. The summed E-state index contributed by atoms with van der Waals surface area (Å²) < 4.78 is 47.0. The van der Waals surface area contributed by atoms with Crippen molar-refractivity contribution in [3.05, 3.63) is 12.2 Å². The normalized spacial score (nSPS) is 21.4. The van der Waals surface area contributed by atoms with Crippen molar-refractivity contribution in [2.75, 3.05) is 26.4 Å². The van der Waals surface area contributed by atoms with Gasteiger partial charge in [0.15, 0.2) is 5.25 Å². The fraction of sp³-hybridized carbons (Fsp3) is 0.800. The molecule has 1 fully saturated rings. The van der Waals surface area contributed by atoms with Crippen molar-refractivity contribution in [1.82, 2.24) is 0 Å². The van der Waals surface area contributed by atoms with E-state index in [0.717, 1.165) is 38.5 Å². The number of carbonyl (C=O) groups excluding carboxylic acids is 3. The first kappa shape index (κ1) is 32.0. The number of esters is 3. The molecule has 0 saturated carbocycles. The average molecular weight is 535 g/mol. The molecule has 2 atom stereocenters. The van der Waals surface area contributed by atoms with Gasteiger partial charge in [-0.1, -0.05) is 57.6 Å². The Hall–Kier alpha value is -1.98. The Bertz CT molecular complexity index is 808. The van der Waals surface area contributed by atoms with Crippen LogP contribution in [0.4, 0.5) is 0 Å². The summed E-state index contributed by atoms with van der Waals surface area (Å²) in [5, 5.41) is 7.70. The number of cyclic esters (lactones) is 2. The molecule has 1 saturated heterocycles. The summed E-state index contributed by atoms with van der Waals surface area (Å²) in [6, 6.07) is 0. The fourth-order valence-corrected chi connectivity index (χ4v) is 4.28. The van der Waals surface area contributed by atoms with Crippen LogP contribution in [0.2, 0.25) is 0 Å². The lowest BCUT2D eigenvalue weighted by atomic mass is 9.92. The van der Waals surface area contributed by atoms with Gasteiger partial charge in [-0.15, -0.1) is 0 Å². The number of aliphatic hydroxyl groups is 1. The number of unbranched alkanes of at least 4 members (excludes halogenated alkanes) is 9. The second-order valence-corrected chi connectivity index (χ2v) is 11.0. The first-order valence-electron chi connectivity index (χ1n) is 12.8. The predicted octanol–water partition coefficient (Wildman–Crippen LogP) is 3.51. The van der Waals surface area contributed by atoms with Crippen molar-refractivity contribution in [2.45, 2.75) is 95.6 Å². The topological polar surface area (TPSA) is 154 Å². The zero-order valence-electron chi connectivity index (χ0n) is 21.3. The molecule has 10 nitrogen and oxygen atoms in total. The van der Waals surface area contributed by atoms with E-state index in [2.05, 4.69) is 19.1 Å². The van der Waals surface area contributed by atoms with Crippen LogP contribution in [0.3, 0.4) is 0 Å². The predicted molar refractivity (Wildman–Crippen MR) is 133 cm³/mol.